The fourth-order valence-corrected chi connectivity index (χ4v) is 1.79. The summed E-state index contributed by atoms with van der Waals surface area (Å²) in [7, 11) is -0.997. The van der Waals surface area contributed by atoms with Crippen molar-refractivity contribution in [3.05, 3.63) is 23.3 Å². The SMILES string of the molecule is NCc1cc(OCC(=O)O)cc2c1COB2O. The van der Waals surface area contributed by atoms with Gasteiger partial charge in [0.25, 0.3) is 0 Å². The second kappa shape index (κ2) is 4.74. The molecule has 1 aromatic rings. The van der Waals surface area contributed by atoms with Crippen molar-refractivity contribution in [1.29, 1.82) is 0 Å². The zero-order chi connectivity index (χ0) is 12.4. The Balaban J connectivity index is 2.30. The standard InChI is InChI=1S/C10H12BNO5/c12-3-6-1-7(16-5-10(13)14)2-9-8(6)4-17-11(9)15/h1-2,15H,3-5,12H2,(H,13,14). The highest BCUT2D eigenvalue weighted by Crippen LogP contribution is 2.21. The van der Waals surface area contributed by atoms with E-state index in [1.54, 1.807) is 12.1 Å². The summed E-state index contributed by atoms with van der Waals surface area (Å²) in [5, 5.41) is 18.1. The first-order chi connectivity index (χ1) is 8.11. The van der Waals surface area contributed by atoms with Gasteiger partial charge in [-0.15, -0.1) is 0 Å². The average Bonchev–Trinajstić information content (AvgIpc) is 2.68. The van der Waals surface area contributed by atoms with Crippen molar-refractivity contribution >= 4 is 18.6 Å². The first-order valence-electron chi connectivity index (χ1n) is 5.12. The molecule has 6 nitrogen and oxygen atoms in total. The van der Waals surface area contributed by atoms with Crippen molar-refractivity contribution in [2.24, 2.45) is 5.73 Å². The fraction of sp³-hybridized carbons (Fsp3) is 0.300. The van der Waals surface area contributed by atoms with E-state index in [4.69, 9.17) is 20.2 Å². The highest BCUT2D eigenvalue weighted by atomic mass is 16.5. The molecule has 0 aromatic heterocycles. The fourth-order valence-electron chi connectivity index (χ4n) is 1.79. The number of carboxylic acids is 1. The Kier molecular flexibility index (Phi) is 3.32. The Hall–Kier alpha value is -1.57. The van der Waals surface area contributed by atoms with E-state index in [0.717, 1.165) is 11.1 Å². The van der Waals surface area contributed by atoms with Gasteiger partial charge < -0.3 is 25.3 Å². The summed E-state index contributed by atoms with van der Waals surface area (Å²) in [5.41, 5.74) is 7.82. The molecule has 7 heteroatoms. The lowest BCUT2D eigenvalue weighted by Crippen LogP contribution is -2.29. The van der Waals surface area contributed by atoms with E-state index < -0.39 is 19.7 Å². The molecule has 17 heavy (non-hydrogen) atoms. The summed E-state index contributed by atoms with van der Waals surface area (Å²) in [6.07, 6.45) is 0. The molecule has 1 aliphatic heterocycles. The van der Waals surface area contributed by atoms with Crippen LogP contribution in [0.2, 0.25) is 0 Å². The molecule has 0 fully saturated rings. The lowest BCUT2D eigenvalue weighted by atomic mass is 9.78. The number of aliphatic carboxylic acids is 1. The summed E-state index contributed by atoms with van der Waals surface area (Å²) < 4.78 is 10.1. The summed E-state index contributed by atoms with van der Waals surface area (Å²) in [6, 6.07) is 3.25. The minimum absolute atomic E-state index is 0.280. The third-order valence-electron chi connectivity index (χ3n) is 2.58. The van der Waals surface area contributed by atoms with Crippen molar-refractivity contribution in [1.82, 2.24) is 0 Å². The first kappa shape index (κ1) is 11.9. The molecule has 2 rings (SSSR count). The van der Waals surface area contributed by atoms with E-state index in [1.807, 2.05) is 0 Å². The molecular formula is C10H12BNO5. The van der Waals surface area contributed by atoms with Gasteiger partial charge in [0.15, 0.2) is 6.61 Å². The summed E-state index contributed by atoms with van der Waals surface area (Å²) in [6.45, 7) is 0.157. The zero-order valence-electron chi connectivity index (χ0n) is 9.05. The van der Waals surface area contributed by atoms with E-state index in [1.165, 1.54) is 0 Å². The molecule has 0 amide bonds. The predicted octanol–water partition coefficient (Wildman–Crippen LogP) is -1.17. The molecule has 90 valence electrons. The summed E-state index contributed by atoms with van der Waals surface area (Å²) >= 11 is 0. The molecule has 4 N–H and O–H groups in total. The number of fused-ring (bicyclic) bond motifs is 1. The Morgan fingerprint density at radius 2 is 2.35 bits per heavy atom. The van der Waals surface area contributed by atoms with Crippen LogP contribution in [-0.2, 0) is 22.6 Å². The molecule has 0 spiro atoms. The van der Waals surface area contributed by atoms with Crippen LogP contribution in [0.3, 0.4) is 0 Å². The van der Waals surface area contributed by atoms with Gasteiger partial charge in [-0.05, 0) is 28.7 Å². The van der Waals surface area contributed by atoms with Crippen LogP contribution >= 0.6 is 0 Å². The Labute approximate surface area is 98.1 Å². The van der Waals surface area contributed by atoms with Crippen molar-refractivity contribution in [2.75, 3.05) is 6.61 Å². The summed E-state index contributed by atoms with van der Waals surface area (Å²) in [5.74, 6) is -0.687. The van der Waals surface area contributed by atoms with Crippen LogP contribution in [-0.4, -0.2) is 29.8 Å². The number of ether oxygens (including phenoxy) is 1. The Morgan fingerprint density at radius 1 is 1.59 bits per heavy atom. The van der Waals surface area contributed by atoms with Crippen LogP contribution in [0, 0.1) is 0 Å². The third-order valence-corrected chi connectivity index (χ3v) is 2.58. The highest BCUT2D eigenvalue weighted by Gasteiger charge is 2.29. The maximum atomic E-state index is 10.4. The molecule has 0 saturated heterocycles. The van der Waals surface area contributed by atoms with Gasteiger partial charge >= 0.3 is 13.1 Å². The van der Waals surface area contributed by atoms with Crippen LogP contribution in [0.4, 0.5) is 0 Å². The second-order valence-electron chi connectivity index (χ2n) is 3.70. The molecule has 0 atom stereocenters. The number of nitrogens with two attached hydrogens (primary N) is 1. The van der Waals surface area contributed by atoms with Crippen LogP contribution in [0.5, 0.6) is 5.75 Å². The Bertz CT molecular complexity index is 451. The van der Waals surface area contributed by atoms with Crippen LogP contribution in [0.15, 0.2) is 12.1 Å². The molecule has 0 saturated carbocycles. The van der Waals surface area contributed by atoms with Crippen LogP contribution < -0.4 is 15.9 Å². The predicted molar refractivity (Wildman–Crippen MR) is 59.9 cm³/mol. The number of rotatable bonds is 4. The maximum Gasteiger partial charge on any atom is 0.491 e. The van der Waals surface area contributed by atoms with Gasteiger partial charge in [-0.1, -0.05) is 0 Å². The van der Waals surface area contributed by atoms with Gasteiger partial charge in [0.1, 0.15) is 5.75 Å². The van der Waals surface area contributed by atoms with E-state index in [-0.39, 0.29) is 6.54 Å². The number of hydrogen-bond donors (Lipinski definition) is 3. The lowest BCUT2D eigenvalue weighted by molar-refractivity contribution is -0.139. The van der Waals surface area contributed by atoms with Gasteiger partial charge in [-0.25, -0.2) is 4.79 Å². The quantitative estimate of drug-likeness (QED) is 0.570. The van der Waals surface area contributed by atoms with E-state index in [2.05, 4.69) is 0 Å². The molecule has 0 radical (unpaired) electrons. The zero-order valence-corrected chi connectivity index (χ0v) is 9.05. The molecule has 0 unspecified atom stereocenters. The van der Waals surface area contributed by atoms with Crippen molar-refractivity contribution < 1.29 is 24.3 Å². The van der Waals surface area contributed by atoms with E-state index >= 15 is 0 Å². The number of benzene rings is 1. The van der Waals surface area contributed by atoms with E-state index in [9.17, 15) is 9.82 Å². The Morgan fingerprint density at radius 3 is 3.00 bits per heavy atom. The average molecular weight is 237 g/mol. The highest BCUT2D eigenvalue weighted by molar-refractivity contribution is 6.61. The second-order valence-corrected chi connectivity index (χ2v) is 3.70. The van der Waals surface area contributed by atoms with Gasteiger partial charge in [0.05, 0.1) is 6.61 Å². The first-order valence-corrected chi connectivity index (χ1v) is 5.12. The minimum Gasteiger partial charge on any atom is -0.482 e. The normalized spacial score (nSPS) is 13.6. The summed E-state index contributed by atoms with van der Waals surface area (Å²) in [4.78, 5) is 10.4. The van der Waals surface area contributed by atoms with Gasteiger partial charge in [0, 0.05) is 6.54 Å². The van der Waals surface area contributed by atoms with E-state index in [0.29, 0.717) is 17.8 Å². The molecule has 1 aliphatic rings. The number of carboxylic acid groups (broad SMARTS) is 1. The molecule has 0 aliphatic carbocycles. The molecule has 1 aromatic carbocycles. The lowest BCUT2D eigenvalue weighted by Gasteiger charge is -2.10. The molecular weight excluding hydrogens is 225 g/mol. The van der Waals surface area contributed by atoms with Crippen LogP contribution in [0.25, 0.3) is 0 Å². The third kappa shape index (κ3) is 2.41. The topological polar surface area (TPSA) is 102 Å². The molecule has 0 bridgehead atoms. The van der Waals surface area contributed by atoms with Crippen LogP contribution in [0.1, 0.15) is 11.1 Å². The van der Waals surface area contributed by atoms with Crippen molar-refractivity contribution in [2.45, 2.75) is 13.2 Å². The number of carbonyl (C=O) groups is 1. The van der Waals surface area contributed by atoms with Crippen molar-refractivity contribution in [3.8, 4) is 5.75 Å². The van der Waals surface area contributed by atoms with Gasteiger partial charge in [-0.3, -0.25) is 0 Å². The van der Waals surface area contributed by atoms with Crippen molar-refractivity contribution in [3.63, 3.8) is 0 Å². The smallest absolute Gasteiger partial charge is 0.482 e. The minimum atomic E-state index is -1.06. The number of hydrogen-bond acceptors (Lipinski definition) is 5. The molecule has 1 heterocycles. The van der Waals surface area contributed by atoms with Gasteiger partial charge in [-0.2, -0.15) is 0 Å². The maximum absolute atomic E-state index is 10.4. The van der Waals surface area contributed by atoms with Gasteiger partial charge in [0.2, 0.25) is 0 Å². The largest absolute Gasteiger partial charge is 0.491 e. The monoisotopic (exact) mass is 237 g/mol.